The van der Waals surface area contributed by atoms with E-state index in [0.717, 1.165) is 42.0 Å². The largest absolute Gasteiger partial charge is 0.487 e. The number of aromatic nitrogens is 2. The van der Waals surface area contributed by atoms with Crippen molar-refractivity contribution in [2.45, 2.75) is 64.6 Å². The smallest absolute Gasteiger partial charge is 0.222 e. The topological polar surface area (TPSA) is 65.4 Å². The molecule has 1 aromatic heterocycles. The van der Waals surface area contributed by atoms with Gasteiger partial charge in [0.1, 0.15) is 11.4 Å². The van der Waals surface area contributed by atoms with Crippen LogP contribution in [0.5, 0.6) is 5.75 Å². The summed E-state index contributed by atoms with van der Waals surface area (Å²) in [5, 5.41) is 7.79. The molecule has 1 aromatic carbocycles. The molecule has 0 radical (unpaired) electrons. The lowest BCUT2D eigenvalue weighted by Crippen LogP contribution is -2.48. The van der Waals surface area contributed by atoms with E-state index in [0.29, 0.717) is 26.2 Å². The van der Waals surface area contributed by atoms with Crippen molar-refractivity contribution in [3.8, 4) is 5.75 Å². The minimum Gasteiger partial charge on any atom is -0.487 e. The first-order valence-electron chi connectivity index (χ1n) is 10.1. The van der Waals surface area contributed by atoms with Crippen molar-refractivity contribution in [2.75, 3.05) is 13.2 Å². The van der Waals surface area contributed by atoms with Crippen LogP contribution in [-0.2, 0) is 16.1 Å². The number of ether oxygens (including phenoxy) is 2. The number of rotatable bonds is 4. The van der Waals surface area contributed by atoms with E-state index in [-0.39, 0.29) is 17.6 Å². The van der Waals surface area contributed by atoms with E-state index >= 15 is 0 Å². The summed E-state index contributed by atoms with van der Waals surface area (Å²) in [5.41, 5.74) is 4.17. The number of nitrogens with zero attached hydrogens (tertiary/aromatic N) is 2. The van der Waals surface area contributed by atoms with Gasteiger partial charge in [-0.3, -0.25) is 9.48 Å². The van der Waals surface area contributed by atoms with Gasteiger partial charge in [0, 0.05) is 43.5 Å². The lowest BCUT2D eigenvalue weighted by atomic mass is 9.82. The van der Waals surface area contributed by atoms with Crippen LogP contribution in [0.15, 0.2) is 24.3 Å². The number of carbonyl (C=O) groups is 1. The van der Waals surface area contributed by atoms with Gasteiger partial charge >= 0.3 is 0 Å². The summed E-state index contributed by atoms with van der Waals surface area (Å²) in [7, 11) is 0. The molecule has 1 N–H and O–H groups in total. The quantitative estimate of drug-likeness (QED) is 0.879. The fourth-order valence-electron chi connectivity index (χ4n) is 4.27. The zero-order valence-electron chi connectivity index (χ0n) is 17.0. The van der Waals surface area contributed by atoms with E-state index in [1.54, 1.807) is 0 Å². The summed E-state index contributed by atoms with van der Waals surface area (Å²) >= 11 is 0. The Balaban J connectivity index is 1.46. The summed E-state index contributed by atoms with van der Waals surface area (Å²) in [6.45, 7) is 8.14. The predicted molar refractivity (Wildman–Crippen MR) is 106 cm³/mol. The van der Waals surface area contributed by atoms with Crippen molar-refractivity contribution in [3.05, 3.63) is 46.8 Å². The molecular weight excluding hydrogens is 354 g/mol. The van der Waals surface area contributed by atoms with Crippen molar-refractivity contribution in [2.24, 2.45) is 0 Å². The highest BCUT2D eigenvalue weighted by Crippen LogP contribution is 2.43. The molecule has 1 spiro atoms. The van der Waals surface area contributed by atoms with Crippen LogP contribution in [0.3, 0.4) is 0 Å². The van der Waals surface area contributed by atoms with Crippen LogP contribution >= 0.6 is 0 Å². The number of hydrogen-bond donors (Lipinski definition) is 1. The summed E-state index contributed by atoms with van der Waals surface area (Å²) in [6, 6.07) is 8.02. The van der Waals surface area contributed by atoms with Crippen molar-refractivity contribution >= 4 is 5.91 Å². The third-order valence-electron chi connectivity index (χ3n) is 6.23. The highest BCUT2D eigenvalue weighted by atomic mass is 16.5. The van der Waals surface area contributed by atoms with Gasteiger partial charge in [-0.1, -0.05) is 18.2 Å². The van der Waals surface area contributed by atoms with E-state index in [2.05, 4.69) is 30.3 Å². The SMILES string of the molecule is Cc1nn(CCC(=O)NC2CC3(CCOCC3)Oc3ccccc32)c(C)c1C. The Kier molecular flexibility index (Phi) is 5.15. The Hall–Kier alpha value is -2.34. The average Bonchev–Trinajstić information content (AvgIpc) is 2.94. The third kappa shape index (κ3) is 3.65. The van der Waals surface area contributed by atoms with Crippen LogP contribution in [-0.4, -0.2) is 34.5 Å². The molecule has 1 amide bonds. The molecule has 0 aliphatic carbocycles. The summed E-state index contributed by atoms with van der Waals surface area (Å²) < 4.78 is 13.9. The summed E-state index contributed by atoms with van der Waals surface area (Å²) in [4.78, 5) is 12.8. The molecule has 3 heterocycles. The molecule has 150 valence electrons. The molecule has 2 aromatic rings. The molecule has 0 saturated carbocycles. The van der Waals surface area contributed by atoms with Crippen LogP contribution in [0.4, 0.5) is 0 Å². The van der Waals surface area contributed by atoms with Crippen LogP contribution < -0.4 is 10.1 Å². The zero-order chi connectivity index (χ0) is 19.7. The van der Waals surface area contributed by atoms with Gasteiger partial charge in [-0.05, 0) is 32.4 Å². The molecule has 1 fully saturated rings. The van der Waals surface area contributed by atoms with E-state index in [1.807, 2.05) is 29.8 Å². The lowest BCUT2D eigenvalue weighted by molar-refractivity contribution is -0.123. The molecule has 28 heavy (non-hydrogen) atoms. The van der Waals surface area contributed by atoms with Gasteiger partial charge in [0.05, 0.1) is 24.9 Å². The number of carbonyl (C=O) groups excluding carboxylic acids is 1. The number of para-hydroxylation sites is 1. The maximum Gasteiger partial charge on any atom is 0.222 e. The molecule has 6 nitrogen and oxygen atoms in total. The highest BCUT2D eigenvalue weighted by molar-refractivity contribution is 5.76. The van der Waals surface area contributed by atoms with Crippen LogP contribution in [0.2, 0.25) is 0 Å². The first kappa shape index (κ1) is 19.0. The minimum absolute atomic E-state index is 0.0299. The molecule has 4 rings (SSSR count). The Morgan fingerprint density at radius 1 is 1.25 bits per heavy atom. The zero-order valence-corrected chi connectivity index (χ0v) is 17.0. The Morgan fingerprint density at radius 3 is 2.71 bits per heavy atom. The monoisotopic (exact) mass is 383 g/mol. The number of aryl methyl sites for hydroxylation is 2. The maximum atomic E-state index is 12.8. The lowest BCUT2D eigenvalue weighted by Gasteiger charge is -2.44. The number of amides is 1. The van der Waals surface area contributed by atoms with Crippen LogP contribution in [0, 0.1) is 20.8 Å². The van der Waals surface area contributed by atoms with E-state index < -0.39 is 0 Å². The number of hydrogen-bond acceptors (Lipinski definition) is 4. The second kappa shape index (κ2) is 7.59. The first-order valence-corrected chi connectivity index (χ1v) is 10.1. The second-order valence-electron chi connectivity index (χ2n) is 8.03. The van der Waals surface area contributed by atoms with Gasteiger partial charge in [0.25, 0.3) is 0 Å². The molecule has 1 unspecified atom stereocenters. The van der Waals surface area contributed by atoms with Gasteiger partial charge in [-0.2, -0.15) is 5.10 Å². The van der Waals surface area contributed by atoms with Gasteiger partial charge in [0.2, 0.25) is 5.91 Å². The molecule has 2 aliphatic heterocycles. The Bertz CT molecular complexity index is 868. The standard InChI is InChI=1S/C22H29N3O3/c1-15-16(2)24-25(17(15)3)11-8-21(26)23-19-14-22(9-12-27-13-10-22)28-20-7-5-4-6-18(19)20/h4-7,19H,8-14H2,1-3H3,(H,23,26). The van der Waals surface area contributed by atoms with Crippen LogP contribution in [0.25, 0.3) is 0 Å². The summed E-state index contributed by atoms with van der Waals surface area (Å²) in [6.07, 6.45) is 2.92. The number of fused-ring (bicyclic) bond motifs is 1. The summed E-state index contributed by atoms with van der Waals surface area (Å²) in [5.74, 6) is 0.934. The van der Waals surface area contributed by atoms with Gasteiger partial charge in [0.15, 0.2) is 0 Å². The molecule has 6 heteroatoms. The maximum absolute atomic E-state index is 12.8. The van der Waals surface area contributed by atoms with Crippen molar-refractivity contribution in [1.82, 2.24) is 15.1 Å². The fraction of sp³-hybridized carbons (Fsp3) is 0.545. The molecule has 1 saturated heterocycles. The highest BCUT2D eigenvalue weighted by Gasteiger charge is 2.42. The van der Waals surface area contributed by atoms with E-state index in [1.165, 1.54) is 5.56 Å². The Labute approximate surface area is 166 Å². The van der Waals surface area contributed by atoms with Crippen LogP contribution in [0.1, 0.15) is 54.2 Å². The first-order chi connectivity index (χ1) is 13.5. The molecule has 1 atom stereocenters. The predicted octanol–water partition coefficient (Wildman–Crippen LogP) is 3.39. The average molecular weight is 383 g/mol. The van der Waals surface area contributed by atoms with E-state index in [9.17, 15) is 4.79 Å². The molecular formula is C22H29N3O3. The van der Waals surface area contributed by atoms with Crippen molar-refractivity contribution < 1.29 is 14.3 Å². The van der Waals surface area contributed by atoms with Gasteiger partial charge in [-0.25, -0.2) is 0 Å². The minimum atomic E-state index is -0.239. The third-order valence-corrected chi connectivity index (χ3v) is 6.23. The van der Waals surface area contributed by atoms with Gasteiger partial charge in [-0.15, -0.1) is 0 Å². The number of nitrogens with one attached hydrogen (secondary N) is 1. The van der Waals surface area contributed by atoms with Gasteiger partial charge < -0.3 is 14.8 Å². The molecule has 2 aliphatic rings. The van der Waals surface area contributed by atoms with E-state index in [4.69, 9.17) is 9.47 Å². The Morgan fingerprint density at radius 2 is 2.00 bits per heavy atom. The fourth-order valence-corrected chi connectivity index (χ4v) is 4.27. The normalized spacial score (nSPS) is 20.5. The van der Waals surface area contributed by atoms with Crippen molar-refractivity contribution in [3.63, 3.8) is 0 Å². The second-order valence-corrected chi connectivity index (χ2v) is 8.03. The molecule has 0 bridgehead atoms. The van der Waals surface area contributed by atoms with Crippen molar-refractivity contribution in [1.29, 1.82) is 0 Å². The number of benzene rings is 1.